The predicted octanol–water partition coefficient (Wildman–Crippen LogP) is 4.25. The summed E-state index contributed by atoms with van der Waals surface area (Å²) in [6, 6.07) is 4.98. The topological polar surface area (TPSA) is 61.8 Å². The molecular weight excluding hydrogens is 381 g/mol. The molecule has 2 amide bonds. The number of amides is 2. The van der Waals surface area contributed by atoms with Crippen LogP contribution >= 0.6 is 35.0 Å². The molecule has 0 spiro atoms. The summed E-state index contributed by atoms with van der Waals surface area (Å²) in [7, 11) is 0. The van der Waals surface area contributed by atoms with Crippen LogP contribution in [0.15, 0.2) is 23.2 Å². The van der Waals surface area contributed by atoms with Gasteiger partial charge in [0.25, 0.3) is 0 Å². The molecule has 0 bridgehead atoms. The van der Waals surface area contributed by atoms with E-state index in [0.29, 0.717) is 34.0 Å². The maximum Gasteiger partial charge on any atom is 0.234 e. The van der Waals surface area contributed by atoms with Crippen LogP contribution in [0, 0.1) is 0 Å². The second-order valence-electron chi connectivity index (χ2n) is 5.63. The number of carbonyl (C=O) groups is 2. The van der Waals surface area contributed by atoms with Crippen LogP contribution in [0.5, 0.6) is 0 Å². The molecule has 1 N–H and O–H groups in total. The second kappa shape index (κ2) is 9.46. The first kappa shape index (κ1) is 20.1. The summed E-state index contributed by atoms with van der Waals surface area (Å²) >= 11 is 13.4. The van der Waals surface area contributed by atoms with Crippen LogP contribution in [0.3, 0.4) is 0 Å². The Morgan fingerprint density at radius 1 is 1.32 bits per heavy atom. The van der Waals surface area contributed by atoms with E-state index in [9.17, 15) is 9.59 Å². The zero-order valence-corrected chi connectivity index (χ0v) is 16.5. The van der Waals surface area contributed by atoms with Crippen LogP contribution in [-0.4, -0.2) is 40.2 Å². The van der Waals surface area contributed by atoms with E-state index in [1.807, 2.05) is 6.92 Å². The van der Waals surface area contributed by atoms with E-state index in [4.69, 9.17) is 23.2 Å². The molecular formula is C17H21Cl2N3O2S. The van der Waals surface area contributed by atoms with Crippen LogP contribution in [0.4, 0.5) is 5.69 Å². The molecule has 0 aromatic heterocycles. The average molecular weight is 402 g/mol. The Morgan fingerprint density at radius 2 is 2.00 bits per heavy atom. The van der Waals surface area contributed by atoms with Gasteiger partial charge in [-0.3, -0.25) is 14.5 Å². The van der Waals surface area contributed by atoms with Gasteiger partial charge in [0.15, 0.2) is 5.17 Å². The molecule has 0 unspecified atom stereocenters. The zero-order valence-electron chi connectivity index (χ0n) is 14.2. The maximum atomic E-state index is 12.6. The number of hydrogen-bond donors (Lipinski definition) is 1. The van der Waals surface area contributed by atoms with Crippen LogP contribution in [-0.2, 0) is 9.59 Å². The summed E-state index contributed by atoms with van der Waals surface area (Å²) < 4.78 is 0. The van der Waals surface area contributed by atoms with Crippen molar-refractivity contribution in [1.82, 2.24) is 10.2 Å². The molecule has 25 heavy (non-hydrogen) atoms. The van der Waals surface area contributed by atoms with Gasteiger partial charge in [-0.15, -0.1) is 0 Å². The van der Waals surface area contributed by atoms with Crippen molar-refractivity contribution >= 4 is 57.6 Å². The van der Waals surface area contributed by atoms with Crippen molar-refractivity contribution in [3.05, 3.63) is 28.2 Å². The molecule has 2 rings (SSSR count). The first-order chi connectivity index (χ1) is 11.9. The molecule has 1 aliphatic heterocycles. The van der Waals surface area contributed by atoms with Gasteiger partial charge in [-0.25, -0.2) is 4.99 Å². The standard InChI is InChI=1S/C17H21Cl2N3O2S/c1-3-5-6-22-15(23)10-14(16(24)20-4-2)25-17(22)21-13-8-11(18)7-12(19)9-13/h7-9,14H,3-6,10H2,1-2H3,(H,20,24)/t14-/m1/s1. The second-order valence-corrected chi connectivity index (χ2v) is 7.67. The third kappa shape index (κ3) is 5.62. The minimum atomic E-state index is -0.473. The van der Waals surface area contributed by atoms with Crippen LogP contribution in [0.2, 0.25) is 10.0 Å². The molecule has 5 nitrogen and oxygen atoms in total. The highest BCUT2D eigenvalue weighted by molar-refractivity contribution is 8.15. The Morgan fingerprint density at radius 3 is 2.60 bits per heavy atom. The van der Waals surface area contributed by atoms with Gasteiger partial charge in [0.05, 0.1) is 10.9 Å². The first-order valence-electron chi connectivity index (χ1n) is 8.24. The Labute approximate surface area is 162 Å². The Hall–Kier alpha value is -1.24. The van der Waals surface area contributed by atoms with Crippen molar-refractivity contribution in [2.45, 2.75) is 38.4 Å². The van der Waals surface area contributed by atoms with Gasteiger partial charge in [-0.2, -0.15) is 0 Å². The lowest BCUT2D eigenvalue weighted by molar-refractivity contribution is -0.130. The molecule has 1 heterocycles. The van der Waals surface area contributed by atoms with E-state index < -0.39 is 5.25 Å². The van der Waals surface area contributed by atoms with Crippen LogP contribution < -0.4 is 5.32 Å². The Kier molecular flexibility index (Phi) is 7.59. The van der Waals surface area contributed by atoms with Crippen LogP contribution in [0.25, 0.3) is 0 Å². The van der Waals surface area contributed by atoms with Gasteiger partial charge in [-0.1, -0.05) is 48.3 Å². The molecule has 136 valence electrons. The van der Waals surface area contributed by atoms with E-state index >= 15 is 0 Å². The third-order valence-electron chi connectivity index (χ3n) is 3.59. The number of benzene rings is 1. The number of hydrogen-bond acceptors (Lipinski definition) is 4. The minimum absolute atomic E-state index is 0.0877. The van der Waals surface area contributed by atoms with Crippen molar-refractivity contribution in [3.63, 3.8) is 0 Å². The van der Waals surface area contributed by atoms with Crippen molar-refractivity contribution in [2.24, 2.45) is 4.99 Å². The number of aliphatic imine (C=N–C) groups is 1. The van der Waals surface area contributed by atoms with E-state index in [1.54, 1.807) is 23.1 Å². The van der Waals surface area contributed by atoms with Crippen LogP contribution in [0.1, 0.15) is 33.1 Å². The zero-order chi connectivity index (χ0) is 18.4. The fraction of sp³-hybridized carbons (Fsp3) is 0.471. The average Bonchev–Trinajstić information content (AvgIpc) is 2.53. The molecule has 1 fully saturated rings. The highest BCUT2D eigenvalue weighted by Crippen LogP contribution is 2.31. The molecule has 0 aliphatic carbocycles. The van der Waals surface area contributed by atoms with Crippen molar-refractivity contribution in [1.29, 1.82) is 0 Å². The predicted molar refractivity (Wildman–Crippen MR) is 105 cm³/mol. The molecule has 1 aliphatic rings. The van der Waals surface area contributed by atoms with E-state index in [-0.39, 0.29) is 18.2 Å². The molecule has 0 saturated carbocycles. The van der Waals surface area contributed by atoms with Gasteiger partial charge < -0.3 is 5.32 Å². The number of rotatable bonds is 6. The van der Waals surface area contributed by atoms with Gasteiger partial charge in [0.1, 0.15) is 0 Å². The molecule has 1 atom stereocenters. The fourth-order valence-corrected chi connectivity index (χ4v) is 4.04. The number of carbonyl (C=O) groups excluding carboxylic acids is 2. The monoisotopic (exact) mass is 401 g/mol. The van der Waals surface area contributed by atoms with Crippen molar-refractivity contribution < 1.29 is 9.59 Å². The summed E-state index contributed by atoms with van der Waals surface area (Å²) in [6.45, 7) is 5.02. The summed E-state index contributed by atoms with van der Waals surface area (Å²) in [5.74, 6) is -0.233. The lowest BCUT2D eigenvalue weighted by atomic mass is 10.2. The first-order valence-corrected chi connectivity index (χ1v) is 9.87. The smallest absolute Gasteiger partial charge is 0.234 e. The highest BCUT2D eigenvalue weighted by Gasteiger charge is 2.35. The molecule has 1 saturated heterocycles. The summed E-state index contributed by atoms with van der Waals surface area (Å²) in [4.78, 5) is 30.9. The van der Waals surface area contributed by atoms with Gasteiger partial charge in [0.2, 0.25) is 11.8 Å². The largest absolute Gasteiger partial charge is 0.355 e. The number of halogens is 2. The molecule has 1 aromatic rings. The van der Waals surface area contributed by atoms with Gasteiger partial charge in [0, 0.05) is 29.6 Å². The number of amidine groups is 1. The van der Waals surface area contributed by atoms with E-state index in [1.165, 1.54) is 11.8 Å². The van der Waals surface area contributed by atoms with E-state index in [0.717, 1.165) is 12.8 Å². The van der Waals surface area contributed by atoms with Crippen molar-refractivity contribution in [2.75, 3.05) is 13.1 Å². The van der Waals surface area contributed by atoms with Gasteiger partial charge in [-0.05, 0) is 31.5 Å². The highest BCUT2D eigenvalue weighted by atomic mass is 35.5. The Bertz CT molecular complexity index is 662. The molecule has 8 heteroatoms. The van der Waals surface area contributed by atoms with E-state index in [2.05, 4.69) is 17.2 Å². The van der Waals surface area contributed by atoms with Crippen molar-refractivity contribution in [3.8, 4) is 0 Å². The fourth-order valence-electron chi connectivity index (χ4n) is 2.38. The lowest BCUT2D eigenvalue weighted by Crippen LogP contribution is -2.47. The summed E-state index contributed by atoms with van der Waals surface area (Å²) in [5.41, 5.74) is 0.561. The molecule has 0 radical (unpaired) electrons. The quantitative estimate of drug-likeness (QED) is 0.774. The SMILES string of the molecule is CCCCN1C(=O)C[C@H](C(=O)NCC)SC1=Nc1cc(Cl)cc(Cl)c1. The maximum absolute atomic E-state index is 12.6. The lowest BCUT2D eigenvalue weighted by Gasteiger charge is -2.31. The minimum Gasteiger partial charge on any atom is -0.355 e. The number of nitrogens with one attached hydrogen (secondary N) is 1. The number of unbranched alkanes of at least 4 members (excludes halogenated alkanes) is 1. The normalized spacial score (nSPS) is 19.4. The number of nitrogens with zero attached hydrogens (tertiary/aromatic N) is 2. The summed E-state index contributed by atoms with van der Waals surface area (Å²) in [6.07, 6.45) is 2.01. The summed E-state index contributed by atoms with van der Waals surface area (Å²) in [5, 5.41) is 3.75. The number of thioether (sulfide) groups is 1. The molecule has 1 aromatic carbocycles. The Balaban J connectivity index is 2.33. The van der Waals surface area contributed by atoms with Gasteiger partial charge >= 0.3 is 0 Å². The third-order valence-corrected chi connectivity index (χ3v) is 5.21.